The Kier molecular flexibility index (Phi) is 4.82. The SMILES string of the molecule is CC(C)(C)CCC(CO)c1ccc(Cl)cc1. The van der Waals surface area contributed by atoms with Crippen LogP contribution in [0.5, 0.6) is 0 Å². The van der Waals surface area contributed by atoms with E-state index >= 15 is 0 Å². The van der Waals surface area contributed by atoms with Crippen molar-refractivity contribution in [3.63, 3.8) is 0 Å². The minimum atomic E-state index is 0.206. The van der Waals surface area contributed by atoms with Crippen molar-refractivity contribution in [1.29, 1.82) is 0 Å². The molecule has 16 heavy (non-hydrogen) atoms. The lowest BCUT2D eigenvalue weighted by Gasteiger charge is -2.22. The van der Waals surface area contributed by atoms with Crippen LogP contribution in [-0.2, 0) is 0 Å². The number of halogens is 1. The maximum atomic E-state index is 9.41. The largest absolute Gasteiger partial charge is 0.396 e. The Morgan fingerprint density at radius 2 is 1.75 bits per heavy atom. The average Bonchev–Trinajstić information content (AvgIpc) is 2.20. The van der Waals surface area contributed by atoms with Gasteiger partial charge in [-0.2, -0.15) is 0 Å². The molecule has 0 bridgehead atoms. The van der Waals surface area contributed by atoms with Crippen molar-refractivity contribution < 1.29 is 5.11 Å². The van der Waals surface area contributed by atoms with Crippen molar-refractivity contribution in [2.45, 2.75) is 39.5 Å². The van der Waals surface area contributed by atoms with Gasteiger partial charge in [0.25, 0.3) is 0 Å². The first-order valence-electron chi connectivity index (χ1n) is 5.79. The second-order valence-corrected chi connectivity index (χ2v) is 5.97. The highest BCUT2D eigenvalue weighted by Gasteiger charge is 2.16. The molecule has 1 aromatic carbocycles. The van der Waals surface area contributed by atoms with Gasteiger partial charge in [0, 0.05) is 17.5 Å². The monoisotopic (exact) mass is 240 g/mol. The van der Waals surface area contributed by atoms with Gasteiger partial charge in [0.15, 0.2) is 0 Å². The normalized spacial score (nSPS) is 13.8. The van der Waals surface area contributed by atoms with Crippen LogP contribution in [0.25, 0.3) is 0 Å². The number of hydrogen-bond acceptors (Lipinski definition) is 1. The van der Waals surface area contributed by atoms with Crippen molar-refractivity contribution in [2.24, 2.45) is 5.41 Å². The number of hydrogen-bond donors (Lipinski definition) is 1. The molecule has 1 aromatic rings. The second kappa shape index (κ2) is 5.70. The van der Waals surface area contributed by atoms with Gasteiger partial charge in [0.2, 0.25) is 0 Å². The molecule has 0 fully saturated rings. The molecule has 0 aromatic heterocycles. The molecule has 0 spiro atoms. The van der Waals surface area contributed by atoms with Crippen LogP contribution >= 0.6 is 11.6 Å². The van der Waals surface area contributed by atoms with Crippen LogP contribution in [0.3, 0.4) is 0 Å². The molecule has 0 aliphatic rings. The van der Waals surface area contributed by atoms with Gasteiger partial charge in [-0.3, -0.25) is 0 Å². The van der Waals surface area contributed by atoms with Crippen molar-refractivity contribution in [2.75, 3.05) is 6.61 Å². The third-order valence-corrected chi connectivity index (χ3v) is 3.06. The van der Waals surface area contributed by atoms with Crippen LogP contribution in [-0.4, -0.2) is 11.7 Å². The Balaban J connectivity index is 2.64. The summed E-state index contributed by atoms with van der Waals surface area (Å²) in [6.07, 6.45) is 2.13. The van der Waals surface area contributed by atoms with Crippen LogP contribution in [0.15, 0.2) is 24.3 Å². The molecule has 1 rings (SSSR count). The highest BCUT2D eigenvalue weighted by molar-refractivity contribution is 6.30. The Bertz CT molecular complexity index is 311. The van der Waals surface area contributed by atoms with E-state index in [1.165, 1.54) is 5.56 Å². The molecule has 0 saturated carbocycles. The highest BCUT2D eigenvalue weighted by atomic mass is 35.5. The highest BCUT2D eigenvalue weighted by Crippen LogP contribution is 2.29. The summed E-state index contributed by atoms with van der Waals surface area (Å²) in [5.74, 6) is 0.233. The minimum Gasteiger partial charge on any atom is -0.396 e. The molecule has 90 valence electrons. The molecule has 0 radical (unpaired) electrons. The minimum absolute atomic E-state index is 0.206. The van der Waals surface area contributed by atoms with Gasteiger partial charge in [-0.25, -0.2) is 0 Å². The molecule has 0 saturated heterocycles. The fourth-order valence-corrected chi connectivity index (χ4v) is 1.83. The lowest BCUT2D eigenvalue weighted by molar-refractivity contribution is 0.241. The molecule has 1 nitrogen and oxygen atoms in total. The molecule has 0 aliphatic heterocycles. The first-order valence-corrected chi connectivity index (χ1v) is 6.16. The lowest BCUT2D eigenvalue weighted by Crippen LogP contribution is -2.11. The fourth-order valence-electron chi connectivity index (χ4n) is 1.71. The zero-order chi connectivity index (χ0) is 12.2. The van der Waals surface area contributed by atoms with E-state index in [2.05, 4.69) is 20.8 Å². The third kappa shape index (κ3) is 4.54. The van der Waals surface area contributed by atoms with Crippen molar-refractivity contribution in [1.82, 2.24) is 0 Å². The van der Waals surface area contributed by atoms with Crippen molar-refractivity contribution in [3.8, 4) is 0 Å². The van der Waals surface area contributed by atoms with Crippen molar-refractivity contribution >= 4 is 11.6 Å². The Morgan fingerprint density at radius 1 is 1.19 bits per heavy atom. The van der Waals surface area contributed by atoms with Crippen LogP contribution < -0.4 is 0 Å². The molecule has 1 unspecified atom stereocenters. The summed E-state index contributed by atoms with van der Waals surface area (Å²) in [5, 5.41) is 10.2. The van der Waals surface area contributed by atoms with Gasteiger partial charge in [-0.05, 0) is 36.0 Å². The van der Waals surface area contributed by atoms with E-state index in [0.29, 0.717) is 5.41 Å². The maximum Gasteiger partial charge on any atom is 0.0499 e. The van der Waals surface area contributed by atoms with Gasteiger partial charge < -0.3 is 5.11 Å². The number of rotatable bonds is 4. The summed E-state index contributed by atoms with van der Waals surface area (Å²) in [6, 6.07) is 7.78. The molecule has 0 heterocycles. The molecule has 0 aliphatic carbocycles. The predicted octanol–water partition coefficient (Wildman–Crippen LogP) is 4.24. The van der Waals surface area contributed by atoms with Gasteiger partial charge in [0.05, 0.1) is 0 Å². The number of benzene rings is 1. The summed E-state index contributed by atoms with van der Waals surface area (Å²) < 4.78 is 0. The molecule has 0 amide bonds. The van der Waals surface area contributed by atoms with Crippen LogP contribution in [0.1, 0.15) is 45.1 Å². The fraction of sp³-hybridized carbons (Fsp3) is 0.571. The van der Waals surface area contributed by atoms with Gasteiger partial charge in [-0.15, -0.1) is 0 Å². The van der Waals surface area contributed by atoms with Gasteiger partial charge in [-0.1, -0.05) is 44.5 Å². The first-order chi connectivity index (χ1) is 7.42. The lowest BCUT2D eigenvalue weighted by atomic mass is 9.84. The van der Waals surface area contributed by atoms with Gasteiger partial charge >= 0.3 is 0 Å². The first kappa shape index (κ1) is 13.5. The van der Waals surface area contributed by atoms with E-state index in [-0.39, 0.29) is 12.5 Å². The van der Waals surface area contributed by atoms with Crippen LogP contribution in [0.4, 0.5) is 0 Å². The standard InChI is InChI=1S/C14H21ClO/c1-14(2,3)9-8-12(10-16)11-4-6-13(15)7-5-11/h4-7,12,16H,8-10H2,1-3H3. The summed E-state index contributed by atoms with van der Waals surface area (Å²) in [7, 11) is 0. The predicted molar refractivity (Wildman–Crippen MR) is 70.0 cm³/mol. The molecule has 2 heteroatoms. The Hall–Kier alpha value is -0.530. The van der Waals surface area contributed by atoms with E-state index in [1.807, 2.05) is 24.3 Å². The number of aliphatic hydroxyl groups is 1. The van der Waals surface area contributed by atoms with E-state index < -0.39 is 0 Å². The molecular formula is C14H21ClO. The maximum absolute atomic E-state index is 9.41. The summed E-state index contributed by atoms with van der Waals surface area (Å²) in [6.45, 7) is 6.88. The zero-order valence-electron chi connectivity index (χ0n) is 10.3. The summed E-state index contributed by atoms with van der Waals surface area (Å²) in [5.41, 5.74) is 1.50. The molecule has 1 N–H and O–H groups in total. The van der Waals surface area contributed by atoms with Gasteiger partial charge in [0.1, 0.15) is 0 Å². The second-order valence-electron chi connectivity index (χ2n) is 5.53. The number of aliphatic hydroxyl groups excluding tert-OH is 1. The van der Waals surface area contributed by atoms with E-state index in [0.717, 1.165) is 17.9 Å². The van der Waals surface area contributed by atoms with E-state index in [1.54, 1.807) is 0 Å². The van der Waals surface area contributed by atoms with Crippen LogP contribution in [0.2, 0.25) is 5.02 Å². The smallest absolute Gasteiger partial charge is 0.0499 e. The Morgan fingerprint density at radius 3 is 2.19 bits per heavy atom. The van der Waals surface area contributed by atoms with E-state index in [4.69, 9.17) is 11.6 Å². The Labute approximate surface area is 103 Å². The molecule has 1 atom stereocenters. The topological polar surface area (TPSA) is 20.2 Å². The van der Waals surface area contributed by atoms with E-state index in [9.17, 15) is 5.11 Å². The van der Waals surface area contributed by atoms with Crippen LogP contribution in [0, 0.1) is 5.41 Å². The third-order valence-electron chi connectivity index (χ3n) is 2.80. The summed E-state index contributed by atoms with van der Waals surface area (Å²) in [4.78, 5) is 0. The average molecular weight is 241 g/mol. The quantitative estimate of drug-likeness (QED) is 0.835. The molecular weight excluding hydrogens is 220 g/mol. The summed E-state index contributed by atoms with van der Waals surface area (Å²) >= 11 is 5.85. The van der Waals surface area contributed by atoms with Crippen molar-refractivity contribution in [3.05, 3.63) is 34.9 Å². The zero-order valence-corrected chi connectivity index (χ0v) is 11.1.